The number of methoxy groups -OCH3 is 1. The number of carbonyl (C=O) groups excluding carboxylic acids is 2. The molecule has 2 heterocycles. The summed E-state index contributed by atoms with van der Waals surface area (Å²) in [6.07, 6.45) is -3.44. The van der Waals surface area contributed by atoms with Gasteiger partial charge in [-0.1, -0.05) is 0 Å². The summed E-state index contributed by atoms with van der Waals surface area (Å²) in [7, 11) is 1.47. The molecule has 2 aromatic rings. The lowest BCUT2D eigenvalue weighted by atomic mass is 9.87. The fourth-order valence-corrected chi connectivity index (χ4v) is 4.98. The van der Waals surface area contributed by atoms with Crippen LogP contribution in [0.5, 0.6) is 5.75 Å². The van der Waals surface area contributed by atoms with Crippen LogP contribution in [0.1, 0.15) is 56.3 Å². The molecule has 40 heavy (non-hydrogen) atoms. The fourth-order valence-electron chi connectivity index (χ4n) is 4.98. The third-order valence-electron chi connectivity index (χ3n) is 6.88. The second-order valence-electron chi connectivity index (χ2n) is 10.9. The molecule has 2 aromatic carbocycles. The Morgan fingerprint density at radius 3 is 2.48 bits per heavy atom. The van der Waals surface area contributed by atoms with Crippen molar-refractivity contribution in [1.82, 2.24) is 4.90 Å². The van der Waals surface area contributed by atoms with E-state index in [2.05, 4.69) is 10.3 Å². The average molecular weight is 562 g/mol. The minimum absolute atomic E-state index is 0.0611. The van der Waals surface area contributed by atoms with E-state index in [1.54, 1.807) is 11.0 Å². The van der Waals surface area contributed by atoms with Crippen molar-refractivity contribution in [2.45, 2.75) is 57.9 Å². The van der Waals surface area contributed by atoms with E-state index in [0.717, 1.165) is 27.4 Å². The van der Waals surface area contributed by atoms with E-state index < -0.39 is 17.7 Å². The van der Waals surface area contributed by atoms with Gasteiger partial charge in [-0.05, 0) is 63.9 Å². The molecule has 0 aromatic heterocycles. The maximum absolute atomic E-state index is 12.8. The molecule has 0 radical (unpaired) electrons. The van der Waals surface area contributed by atoms with Gasteiger partial charge in [-0.3, -0.25) is 9.69 Å². The van der Waals surface area contributed by atoms with Crippen molar-refractivity contribution in [3.05, 3.63) is 47.0 Å². The number of nitrogens with two attached hydrogens (primary N) is 1. The van der Waals surface area contributed by atoms with E-state index in [4.69, 9.17) is 15.2 Å². The molecule has 0 spiro atoms. The van der Waals surface area contributed by atoms with E-state index in [1.807, 2.05) is 52.0 Å². The first kappa shape index (κ1) is 29.0. The maximum atomic E-state index is 12.8. The quantitative estimate of drug-likeness (QED) is 0.367. The van der Waals surface area contributed by atoms with Crippen LogP contribution < -0.4 is 20.7 Å². The molecule has 0 saturated carbocycles. The van der Waals surface area contributed by atoms with Gasteiger partial charge in [0.15, 0.2) is 0 Å². The van der Waals surface area contributed by atoms with E-state index in [1.165, 1.54) is 13.4 Å². The van der Waals surface area contributed by atoms with Crippen molar-refractivity contribution in [2.75, 3.05) is 37.0 Å². The van der Waals surface area contributed by atoms with E-state index in [0.29, 0.717) is 30.0 Å². The van der Waals surface area contributed by atoms with Gasteiger partial charge in [-0.15, -0.1) is 0 Å². The molecule has 1 saturated heterocycles. The zero-order chi connectivity index (χ0) is 29.4. The first-order valence-electron chi connectivity index (χ1n) is 12.9. The lowest BCUT2D eigenvalue weighted by Gasteiger charge is -2.40. The molecular weight excluding hydrogens is 527 g/mol. The summed E-state index contributed by atoms with van der Waals surface area (Å²) in [4.78, 5) is 30.9. The third-order valence-corrected chi connectivity index (χ3v) is 6.88. The van der Waals surface area contributed by atoms with Crippen LogP contribution in [0.2, 0.25) is 0 Å². The van der Waals surface area contributed by atoms with Gasteiger partial charge in [-0.2, -0.15) is 13.2 Å². The number of hydrogen-bond acceptors (Lipinski definition) is 6. The molecule has 2 aliphatic rings. The maximum Gasteiger partial charge on any atom is 0.471 e. The van der Waals surface area contributed by atoms with Crippen LogP contribution >= 0.6 is 0 Å². The molecule has 12 heteroatoms. The van der Waals surface area contributed by atoms with Gasteiger partial charge in [0.25, 0.3) is 0 Å². The van der Waals surface area contributed by atoms with Crippen LogP contribution in [0.3, 0.4) is 0 Å². The number of amides is 2. The molecule has 1 fully saturated rings. The molecule has 1 atom stereocenters. The summed E-state index contributed by atoms with van der Waals surface area (Å²) in [5, 5.41) is 3.45. The monoisotopic (exact) mass is 561 g/mol. The average Bonchev–Trinajstić information content (AvgIpc) is 3.25. The number of likely N-dealkylation sites (tertiary alicyclic amines) is 1. The topological polar surface area (TPSA) is 109 Å². The highest BCUT2D eigenvalue weighted by Crippen LogP contribution is 2.41. The first-order chi connectivity index (χ1) is 18.7. The molecule has 216 valence electrons. The van der Waals surface area contributed by atoms with Gasteiger partial charge in [-0.25, -0.2) is 9.79 Å². The Morgan fingerprint density at radius 1 is 1.18 bits per heavy atom. The highest BCUT2D eigenvalue weighted by Gasteiger charge is 2.47. The minimum atomic E-state index is -4.90. The number of hydrogen-bond donors (Lipinski definition) is 2. The Hall–Kier alpha value is -3.96. The molecule has 0 bridgehead atoms. The molecule has 4 rings (SSSR count). The second-order valence-corrected chi connectivity index (χ2v) is 10.9. The number of nitrogens with zero attached hydrogens (tertiary/aromatic N) is 3. The predicted octanol–water partition coefficient (Wildman–Crippen LogP) is 5.27. The SMILES string of the molecule is COc1cc(N=CN)c(C(C)Nc2ccc3c(c2)CCN3C(=O)OC(C)(C)C)cc1C1CN(C(=O)C(F)(F)F)C1. The molecule has 1 unspecified atom stereocenters. The molecule has 2 amide bonds. The molecule has 0 aliphatic carbocycles. The van der Waals surface area contributed by atoms with Crippen LogP contribution in [0, 0.1) is 0 Å². The summed E-state index contributed by atoms with van der Waals surface area (Å²) in [6, 6.07) is 9.00. The molecule has 3 N–H and O–H groups in total. The summed E-state index contributed by atoms with van der Waals surface area (Å²) >= 11 is 0. The van der Waals surface area contributed by atoms with Crippen LogP contribution in [-0.4, -0.2) is 61.8 Å². The first-order valence-corrected chi connectivity index (χ1v) is 12.9. The summed E-state index contributed by atoms with van der Waals surface area (Å²) in [5.74, 6) is -1.70. The number of carbonyl (C=O) groups is 2. The largest absolute Gasteiger partial charge is 0.496 e. The zero-order valence-electron chi connectivity index (χ0n) is 23.1. The van der Waals surface area contributed by atoms with Gasteiger partial charge in [0.05, 0.1) is 30.9 Å². The Morgan fingerprint density at radius 2 is 1.88 bits per heavy atom. The number of fused-ring (bicyclic) bond motifs is 1. The van der Waals surface area contributed by atoms with E-state index in [-0.39, 0.29) is 31.1 Å². The predicted molar refractivity (Wildman–Crippen MR) is 146 cm³/mol. The van der Waals surface area contributed by atoms with Gasteiger partial charge in [0, 0.05) is 48.4 Å². The standard InChI is InChI=1S/C28H34F3N5O4/c1-16(34-19-6-7-23-17(10-19)8-9-36(23)26(38)40-27(2,3)4)20-11-21(24(39-5)12-22(20)33-15-32)18-13-35(14-18)25(37)28(29,30)31/h6-7,10-12,15-16,18,34H,8-9,13-14H2,1-5H3,(H2,32,33). The zero-order valence-corrected chi connectivity index (χ0v) is 23.1. The molecule has 9 nitrogen and oxygen atoms in total. The van der Waals surface area contributed by atoms with Gasteiger partial charge >= 0.3 is 18.2 Å². The normalized spacial score (nSPS) is 16.5. The van der Waals surface area contributed by atoms with Gasteiger partial charge < -0.3 is 25.4 Å². The lowest BCUT2D eigenvalue weighted by Crippen LogP contribution is -2.53. The number of ether oxygens (including phenoxy) is 2. The number of benzene rings is 2. The van der Waals surface area contributed by atoms with Gasteiger partial charge in [0.2, 0.25) is 0 Å². The number of nitrogens with one attached hydrogen (secondary N) is 1. The number of rotatable bonds is 6. The van der Waals surface area contributed by atoms with Crippen LogP contribution in [0.4, 0.5) is 35.0 Å². The minimum Gasteiger partial charge on any atom is -0.496 e. The summed E-state index contributed by atoms with van der Waals surface area (Å²) in [6.45, 7) is 7.81. The van der Waals surface area contributed by atoms with Crippen molar-refractivity contribution in [1.29, 1.82) is 0 Å². The Kier molecular flexibility index (Phi) is 7.91. The van der Waals surface area contributed by atoms with E-state index in [9.17, 15) is 22.8 Å². The Balaban J connectivity index is 1.55. The number of aliphatic imine (C=N–C) groups is 1. The molecular formula is C28H34F3N5O4. The molecule has 2 aliphatic heterocycles. The third kappa shape index (κ3) is 6.10. The van der Waals surface area contributed by atoms with Crippen LogP contribution in [0.15, 0.2) is 35.3 Å². The smallest absolute Gasteiger partial charge is 0.471 e. The van der Waals surface area contributed by atoms with Crippen molar-refractivity contribution in [3.63, 3.8) is 0 Å². The van der Waals surface area contributed by atoms with Crippen molar-refractivity contribution in [2.24, 2.45) is 10.7 Å². The van der Waals surface area contributed by atoms with Crippen LogP contribution in [-0.2, 0) is 16.0 Å². The summed E-state index contributed by atoms with van der Waals surface area (Å²) < 4.78 is 49.6. The second kappa shape index (κ2) is 10.9. The Bertz CT molecular complexity index is 1320. The van der Waals surface area contributed by atoms with Crippen molar-refractivity contribution >= 4 is 35.4 Å². The highest BCUT2D eigenvalue weighted by atomic mass is 19.4. The van der Waals surface area contributed by atoms with Crippen molar-refractivity contribution in [3.8, 4) is 5.75 Å². The number of alkyl halides is 3. The highest BCUT2D eigenvalue weighted by molar-refractivity contribution is 5.91. The van der Waals surface area contributed by atoms with Crippen molar-refractivity contribution < 1.29 is 32.2 Å². The number of anilines is 2. The fraction of sp³-hybridized carbons (Fsp3) is 0.464. The number of halogens is 3. The van der Waals surface area contributed by atoms with Crippen LogP contribution in [0.25, 0.3) is 0 Å². The summed E-state index contributed by atoms with van der Waals surface area (Å²) in [5.41, 5.74) is 9.62. The lowest BCUT2D eigenvalue weighted by molar-refractivity contribution is -0.189. The Labute approximate surface area is 231 Å². The van der Waals surface area contributed by atoms with Gasteiger partial charge in [0.1, 0.15) is 11.4 Å². The van der Waals surface area contributed by atoms with E-state index >= 15 is 0 Å².